The highest BCUT2D eigenvalue weighted by molar-refractivity contribution is 6.30. The predicted molar refractivity (Wildman–Crippen MR) is 133 cm³/mol. The summed E-state index contributed by atoms with van der Waals surface area (Å²) in [4.78, 5) is 27.9. The van der Waals surface area contributed by atoms with E-state index >= 15 is 0 Å². The number of carbonyl (C=O) groups excluding carboxylic acids is 1. The number of amides is 1. The Hall–Kier alpha value is -2.08. The summed E-state index contributed by atoms with van der Waals surface area (Å²) in [5, 5.41) is 22.0. The lowest BCUT2D eigenvalue weighted by molar-refractivity contribution is -0.164. The highest BCUT2D eigenvalue weighted by Gasteiger charge is 2.55. The zero-order valence-electron chi connectivity index (χ0n) is 19.5. The number of rotatable bonds is 8. The van der Waals surface area contributed by atoms with Crippen molar-refractivity contribution in [2.45, 2.75) is 70.1 Å². The van der Waals surface area contributed by atoms with E-state index in [4.69, 9.17) is 23.2 Å². The number of halogens is 2. The highest BCUT2D eigenvalue weighted by atomic mass is 35.5. The van der Waals surface area contributed by atoms with E-state index in [-0.39, 0.29) is 36.2 Å². The largest absolute Gasteiger partial charge is 0.481 e. The zero-order chi connectivity index (χ0) is 24.6. The van der Waals surface area contributed by atoms with Crippen molar-refractivity contribution in [1.82, 2.24) is 4.90 Å². The number of piperidine rings is 1. The SMILES string of the molecule is CC[C@H](O)C(C1CC1)N1C(=O)[C@@](C)(CC(=O)O)C[C@H](c2cccc(Cl)c2)[C@H]1c1ccc(Cl)cc1. The van der Waals surface area contributed by atoms with E-state index in [1.54, 1.807) is 13.0 Å². The van der Waals surface area contributed by atoms with Crippen LogP contribution in [0.15, 0.2) is 48.5 Å². The smallest absolute Gasteiger partial charge is 0.304 e. The van der Waals surface area contributed by atoms with Gasteiger partial charge in [-0.3, -0.25) is 9.59 Å². The molecule has 34 heavy (non-hydrogen) atoms. The first-order valence-electron chi connectivity index (χ1n) is 11.9. The van der Waals surface area contributed by atoms with Crippen molar-refractivity contribution in [3.8, 4) is 0 Å². The molecule has 7 heteroatoms. The third-order valence-corrected chi connectivity index (χ3v) is 7.86. The van der Waals surface area contributed by atoms with Crippen LogP contribution in [0.4, 0.5) is 0 Å². The van der Waals surface area contributed by atoms with Gasteiger partial charge in [-0.15, -0.1) is 0 Å². The van der Waals surface area contributed by atoms with Crippen LogP contribution in [0.5, 0.6) is 0 Å². The number of carboxylic acid groups (broad SMARTS) is 1. The average molecular weight is 504 g/mol. The zero-order valence-corrected chi connectivity index (χ0v) is 21.0. The molecule has 5 nitrogen and oxygen atoms in total. The molecule has 1 aliphatic heterocycles. The molecular formula is C27H31Cl2NO4. The van der Waals surface area contributed by atoms with Crippen LogP contribution < -0.4 is 0 Å². The summed E-state index contributed by atoms with van der Waals surface area (Å²) < 4.78 is 0. The summed E-state index contributed by atoms with van der Waals surface area (Å²) >= 11 is 12.5. The van der Waals surface area contributed by atoms with Gasteiger partial charge in [-0.1, -0.05) is 61.3 Å². The summed E-state index contributed by atoms with van der Waals surface area (Å²) in [5.74, 6) is -1.23. The summed E-state index contributed by atoms with van der Waals surface area (Å²) in [7, 11) is 0. The van der Waals surface area contributed by atoms with E-state index in [9.17, 15) is 19.8 Å². The summed E-state index contributed by atoms with van der Waals surface area (Å²) in [5.41, 5.74) is 0.749. The van der Waals surface area contributed by atoms with Crippen LogP contribution in [0, 0.1) is 11.3 Å². The standard InChI is InChI=1S/C27H31Cl2NO4/c1-3-22(31)25(17-7-8-17)30-24(16-9-11-19(28)12-10-16)21(18-5-4-6-20(29)13-18)14-27(2,26(30)34)15-23(32)33/h4-6,9-13,17,21-22,24-25,31H,3,7-8,14-15H2,1-2H3,(H,32,33)/t21-,22+,24-,25?,27-/m1/s1. The minimum atomic E-state index is -1.11. The summed E-state index contributed by atoms with van der Waals surface area (Å²) in [6.45, 7) is 3.66. The molecule has 1 amide bonds. The number of hydrogen-bond donors (Lipinski definition) is 2. The second-order valence-corrected chi connectivity index (χ2v) is 10.9. The van der Waals surface area contributed by atoms with Gasteiger partial charge in [0.15, 0.2) is 0 Å². The molecule has 0 bridgehead atoms. The number of carboxylic acids is 1. The fourth-order valence-corrected chi connectivity index (χ4v) is 5.94. The Morgan fingerprint density at radius 2 is 1.79 bits per heavy atom. The maximum Gasteiger partial charge on any atom is 0.304 e. The molecule has 2 aromatic carbocycles. The summed E-state index contributed by atoms with van der Waals surface area (Å²) in [6, 6.07) is 14.3. The Bertz CT molecular complexity index is 1050. The average Bonchev–Trinajstić information content (AvgIpc) is 3.62. The number of benzene rings is 2. The Balaban J connectivity index is 1.92. The first-order chi connectivity index (χ1) is 16.1. The van der Waals surface area contributed by atoms with Crippen LogP contribution in [-0.2, 0) is 9.59 Å². The number of nitrogens with zero attached hydrogens (tertiary/aromatic N) is 1. The van der Waals surface area contributed by atoms with Gasteiger partial charge in [0.25, 0.3) is 0 Å². The van der Waals surface area contributed by atoms with Gasteiger partial charge in [0.05, 0.1) is 30.0 Å². The lowest BCUT2D eigenvalue weighted by Gasteiger charge is -2.53. The number of aliphatic hydroxyl groups is 1. The minimum Gasteiger partial charge on any atom is -0.481 e. The molecule has 1 aliphatic carbocycles. The van der Waals surface area contributed by atoms with Crippen molar-refractivity contribution in [3.05, 3.63) is 69.7 Å². The number of aliphatic hydroxyl groups excluding tert-OH is 1. The monoisotopic (exact) mass is 503 g/mol. The third kappa shape index (κ3) is 4.98. The van der Waals surface area contributed by atoms with Crippen molar-refractivity contribution in [2.75, 3.05) is 0 Å². The van der Waals surface area contributed by atoms with Crippen LogP contribution in [-0.4, -0.2) is 39.1 Å². The molecule has 4 rings (SSSR count). The van der Waals surface area contributed by atoms with E-state index in [0.29, 0.717) is 22.9 Å². The van der Waals surface area contributed by atoms with Crippen molar-refractivity contribution in [1.29, 1.82) is 0 Å². The van der Waals surface area contributed by atoms with Crippen molar-refractivity contribution in [3.63, 3.8) is 0 Å². The predicted octanol–water partition coefficient (Wildman–Crippen LogP) is 6.08. The molecule has 1 saturated heterocycles. The van der Waals surface area contributed by atoms with Crippen molar-refractivity contribution in [2.24, 2.45) is 11.3 Å². The molecule has 5 atom stereocenters. The molecule has 0 spiro atoms. The van der Waals surface area contributed by atoms with Gasteiger partial charge in [0.2, 0.25) is 5.91 Å². The molecule has 2 aliphatic rings. The molecule has 0 radical (unpaired) electrons. The van der Waals surface area contributed by atoms with E-state index in [1.807, 2.05) is 54.3 Å². The first-order valence-corrected chi connectivity index (χ1v) is 12.6. The Morgan fingerprint density at radius 3 is 2.35 bits per heavy atom. The van der Waals surface area contributed by atoms with Gasteiger partial charge >= 0.3 is 5.97 Å². The Morgan fingerprint density at radius 1 is 1.12 bits per heavy atom. The number of likely N-dealkylation sites (tertiary alicyclic amines) is 1. The topological polar surface area (TPSA) is 77.8 Å². The minimum absolute atomic E-state index is 0.195. The Labute approximate surface area is 210 Å². The molecular weight excluding hydrogens is 473 g/mol. The van der Waals surface area contributed by atoms with E-state index in [0.717, 1.165) is 24.0 Å². The van der Waals surface area contributed by atoms with Gasteiger partial charge < -0.3 is 15.1 Å². The molecule has 1 saturated carbocycles. The van der Waals surface area contributed by atoms with Crippen LogP contribution in [0.3, 0.4) is 0 Å². The van der Waals surface area contributed by atoms with E-state index < -0.39 is 17.5 Å². The van der Waals surface area contributed by atoms with Crippen molar-refractivity contribution < 1.29 is 19.8 Å². The maximum atomic E-state index is 14.2. The maximum absolute atomic E-state index is 14.2. The summed E-state index contributed by atoms with van der Waals surface area (Å²) in [6.07, 6.45) is 1.79. The first kappa shape index (κ1) is 25.0. The van der Waals surface area contributed by atoms with Gasteiger partial charge in [-0.05, 0) is 67.0 Å². The molecule has 1 unspecified atom stereocenters. The van der Waals surface area contributed by atoms with Crippen LogP contribution >= 0.6 is 23.2 Å². The number of carbonyl (C=O) groups is 2. The van der Waals surface area contributed by atoms with Crippen LogP contribution in [0.2, 0.25) is 10.0 Å². The van der Waals surface area contributed by atoms with Gasteiger partial charge in [0, 0.05) is 16.0 Å². The van der Waals surface area contributed by atoms with Crippen molar-refractivity contribution >= 4 is 35.1 Å². The van der Waals surface area contributed by atoms with E-state index in [2.05, 4.69) is 0 Å². The lowest BCUT2D eigenvalue weighted by atomic mass is 9.66. The normalized spacial score (nSPS) is 26.9. The number of aliphatic carboxylic acids is 1. The molecule has 182 valence electrons. The van der Waals surface area contributed by atoms with Gasteiger partial charge in [-0.25, -0.2) is 0 Å². The molecule has 0 aromatic heterocycles. The lowest BCUT2D eigenvalue weighted by Crippen LogP contribution is -2.59. The second kappa shape index (κ2) is 9.88. The second-order valence-electron chi connectivity index (χ2n) is 10.0. The Kier molecular flexibility index (Phi) is 7.28. The van der Waals surface area contributed by atoms with Gasteiger partial charge in [-0.2, -0.15) is 0 Å². The molecule has 2 fully saturated rings. The third-order valence-electron chi connectivity index (χ3n) is 7.37. The number of hydrogen-bond acceptors (Lipinski definition) is 3. The van der Waals surface area contributed by atoms with E-state index in [1.165, 1.54) is 0 Å². The highest BCUT2D eigenvalue weighted by Crippen LogP contribution is 2.54. The quantitative estimate of drug-likeness (QED) is 0.457. The fourth-order valence-electron chi connectivity index (χ4n) is 5.61. The molecule has 2 aromatic rings. The molecule has 1 heterocycles. The fraction of sp³-hybridized carbons (Fsp3) is 0.481. The van der Waals surface area contributed by atoms with Gasteiger partial charge in [0.1, 0.15) is 0 Å². The van der Waals surface area contributed by atoms with Crippen LogP contribution in [0.1, 0.15) is 69.0 Å². The van der Waals surface area contributed by atoms with Crippen LogP contribution in [0.25, 0.3) is 0 Å². The molecule has 2 N–H and O–H groups in total.